The molecule has 0 bridgehead atoms. The number of hydrogen-bond donors (Lipinski definition) is 1. The highest BCUT2D eigenvalue weighted by atomic mass is 14.9. The van der Waals surface area contributed by atoms with Crippen molar-refractivity contribution in [2.24, 2.45) is 11.8 Å². The van der Waals surface area contributed by atoms with Gasteiger partial charge in [-0.3, -0.25) is 0 Å². The van der Waals surface area contributed by atoms with Gasteiger partial charge < -0.3 is 5.32 Å². The van der Waals surface area contributed by atoms with E-state index in [9.17, 15) is 0 Å². The highest BCUT2D eigenvalue weighted by Crippen LogP contribution is 2.35. The normalized spacial score (nSPS) is 29.5. The van der Waals surface area contributed by atoms with Crippen molar-refractivity contribution in [2.45, 2.75) is 84.6 Å². The summed E-state index contributed by atoms with van der Waals surface area (Å²) in [5.74, 6) is 1.99. The van der Waals surface area contributed by atoms with Crippen molar-refractivity contribution in [1.82, 2.24) is 5.32 Å². The second-order valence-electron chi connectivity index (χ2n) is 5.89. The summed E-state index contributed by atoms with van der Waals surface area (Å²) in [4.78, 5) is 0. The predicted octanol–water partition coefficient (Wildman–Crippen LogP) is 4.76. The van der Waals surface area contributed by atoms with Crippen LogP contribution < -0.4 is 5.32 Å². The Kier molecular flexibility index (Phi) is 7.92. The number of hydrogen-bond acceptors (Lipinski definition) is 1. The van der Waals surface area contributed by atoms with E-state index in [0.717, 1.165) is 24.4 Å². The summed E-state index contributed by atoms with van der Waals surface area (Å²) >= 11 is 0. The van der Waals surface area contributed by atoms with E-state index in [1.54, 1.807) is 0 Å². The van der Waals surface area contributed by atoms with Gasteiger partial charge in [0, 0.05) is 6.04 Å². The first kappa shape index (κ1) is 15.0. The third kappa shape index (κ3) is 5.42. The molecule has 0 aromatic heterocycles. The molecule has 0 spiro atoms. The van der Waals surface area contributed by atoms with Crippen molar-refractivity contribution in [3.63, 3.8) is 0 Å². The molecule has 0 radical (unpaired) electrons. The Balaban J connectivity index is 2.38. The summed E-state index contributed by atoms with van der Waals surface area (Å²) in [5, 5.41) is 3.72. The van der Waals surface area contributed by atoms with E-state index in [-0.39, 0.29) is 0 Å². The Bertz CT molecular complexity index is 178. The molecule has 0 heterocycles. The Hall–Kier alpha value is -0.0400. The second-order valence-corrected chi connectivity index (χ2v) is 5.89. The lowest BCUT2D eigenvalue weighted by atomic mass is 9.74. The largest absolute Gasteiger partial charge is 0.314 e. The molecule has 1 aliphatic rings. The van der Waals surface area contributed by atoms with Gasteiger partial charge in [0.2, 0.25) is 0 Å². The Morgan fingerprint density at radius 1 is 0.941 bits per heavy atom. The molecule has 1 rings (SSSR count). The van der Waals surface area contributed by atoms with Crippen LogP contribution in [0.25, 0.3) is 0 Å². The van der Waals surface area contributed by atoms with Crippen molar-refractivity contribution in [1.29, 1.82) is 0 Å². The molecule has 0 aromatic rings. The van der Waals surface area contributed by atoms with Gasteiger partial charge >= 0.3 is 0 Å². The standard InChI is InChI=1S/C16H33N/c1-4-7-8-10-15-13-14(9-5-2)11-12-16(15)17-6-3/h14-17H,4-13H2,1-3H3. The van der Waals surface area contributed by atoms with Gasteiger partial charge in [-0.05, 0) is 44.1 Å². The van der Waals surface area contributed by atoms with Gasteiger partial charge in [0.1, 0.15) is 0 Å². The van der Waals surface area contributed by atoms with Gasteiger partial charge in [-0.15, -0.1) is 0 Å². The first-order valence-electron chi connectivity index (χ1n) is 8.05. The molecule has 0 aromatic carbocycles. The molecule has 1 fully saturated rings. The molecule has 102 valence electrons. The van der Waals surface area contributed by atoms with E-state index in [4.69, 9.17) is 0 Å². The van der Waals surface area contributed by atoms with Crippen molar-refractivity contribution >= 4 is 0 Å². The summed E-state index contributed by atoms with van der Waals surface area (Å²) in [6, 6.07) is 0.824. The molecule has 3 atom stereocenters. The fourth-order valence-electron chi connectivity index (χ4n) is 3.54. The molecule has 0 saturated heterocycles. The minimum absolute atomic E-state index is 0.824. The van der Waals surface area contributed by atoms with Gasteiger partial charge in [0.15, 0.2) is 0 Å². The van der Waals surface area contributed by atoms with Gasteiger partial charge in [-0.25, -0.2) is 0 Å². The quantitative estimate of drug-likeness (QED) is 0.602. The van der Waals surface area contributed by atoms with Crippen LogP contribution in [0.3, 0.4) is 0 Å². The van der Waals surface area contributed by atoms with Crippen molar-refractivity contribution in [2.75, 3.05) is 6.54 Å². The molecular weight excluding hydrogens is 206 g/mol. The average molecular weight is 239 g/mol. The maximum atomic E-state index is 3.72. The van der Waals surface area contributed by atoms with Gasteiger partial charge in [-0.1, -0.05) is 52.9 Å². The smallest absolute Gasteiger partial charge is 0.00954 e. The van der Waals surface area contributed by atoms with Crippen LogP contribution in [0.2, 0.25) is 0 Å². The van der Waals surface area contributed by atoms with E-state index in [0.29, 0.717) is 0 Å². The average Bonchev–Trinajstić information content (AvgIpc) is 2.33. The van der Waals surface area contributed by atoms with Crippen LogP contribution in [0.1, 0.15) is 78.6 Å². The minimum Gasteiger partial charge on any atom is -0.314 e. The minimum atomic E-state index is 0.824. The third-order valence-electron chi connectivity index (χ3n) is 4.43. The van der Waals surface area contributed by atoms with Gasteiger partial charge in [-0.2, -0.15) is 0 Å². The van der Waals surface area contributed by atoms with Crippen LogP contribution in [-0.2, 0) is 0 Å². The van der Waals surface area contributed by atoms with Crippen molar-refractivity contribution in [3.05, 3.63) is 0 Å². The van der Waals surface area contributed by atoms with E-state index in [2.05, 4.69) is 26.1 Å². The molecule has 0 amide bonds. The summed E-state index contributed by atoms with van der Waals surface area (Å²) in [7, 11) is 0. The topological polar surface area (TPSA) is 12.0 Å². The molecule has 1 nitrogen and oxygen atoms in total. The Morgan fingerprint density at radius 2 is 1.76 bits per heavy atom. The summed E-state index contributed by atoms with van der Waals surface area (Å²) < 4.78 is 0. The lowest BCUT2D eigenvalue weighted by molar-refractivity contribution is 0.184. The van der Waals surface area contributed by atoms with Crippen LogP contribution in [0.15, 0.2) is 0 Å². The van der Waals surface area contributed by atoms with Crippen LogP contribution in [-0.4, -0.2) is 12.6 Å². The summed E-state index contributed by atoms with van der Waals surface area (Å²) in [6.45, 7) is 8.04. The first-order chi connectivity index (χ1) is 8.31. The van der Waals surface area contributed by atoms with Crippen LogP contribution in [0.5, 0.6) is 0 Å². The zero-order valence-electron chi connectivity index (χ0n) is 12.3. The maximum absolute atomic E-state index is 3.72. The van der Waals surface area contributed by atoms with Crippen LogP contribution in [0.4, 0.5) is 0 Å². The van der Waals surface area contributed by atoms with Crippen LogP contribution >= 0.6 is 0 Å². The SMILES string of the molecule is CCCCCC1CC(CCC)CCC1NCC. The van der Waals surface area contributed by atoms with Crippen molar-refractivity contribution in [3.8, 4) is 0 Å². The Morgan fingerprint density at radius 3 is 2.41 bits per heavy atom. The van der Waals surface area contributed by atoms with Gasteiger partial charge in [0.25, 0.3) is 0 Å². The summed E-state index contributed by atoms with van der Waals surface area (Å²) in [5.41, 5.74) is 0. The third-order valence-corrected chi connectivity index (χ3v) is 4.43. The van der Waals surface area contributed by atoms with E-state index in [1.165, 1.54) is 57.8 Å². The van der Waals surface area contributed by atoms with Gasteiger partial charge in [0.05, 0.1) is 0 Å². The molecule has 17 heavy (non-hydrogen) atoms. The number of nitrogens with one attached hydrogen (secondary N) is 1. The molecule has 1 N–H and O–H groups in total. The predicted molar refractivity (Wildman–Crippen MR) is 77.3 cm³/mol. The van der Waals surface area contributed by atoms with Crippen LogP contribution in [0, 0.1) is 11.8 Å². The lowest BCUT2D eigenvalue weighted by Gasteiger charge is -2.37. The zero-order chi connectivity index (χ0) is 12.5. The Labute approximate surface area is 109 Å². The zero-order valence-corrected chi connectivity index (χ0v) is 12.3. The maximum Gasteiger partial charge on any atom is 0.00954 e. The second kappa shape index (κ2) is 8.97. The molecule has 3 unspecified atom stereocenters. The summed E-state index contributed by atoms with van der Waals surface area (Å²) in [6.07, 6.45) is 12.9. The molecule has 1 aliphatic carbocycles. The molecule has 1 heteroatoms. The first-order valence-corrected chi connectivity index (χ1v) is 8.05. The number of rotatable bonds is 8. The van der Waals surface area contributed by atoms with Crippen molar-refractivity contribution < 1.29 is 0 Å². The van der Waals surface area contributed by atoms with E-state index in [1.807, 2.05) is 0 Å². The highest BCUT2D eigenvalue weighted by Gasteiger charge is 2.28. The monoisotopic (exact) mass is 239 g/mol. The molecular formula is C16H33N. The lowest BCUT2D eigenvalue weighted by Crippen LogP contribution is -2.40. The fourth-order valence-corrected chi connectivity index (χ4v) is 3.54. The fraction of sp³-hybridized carbons (Fsp3) is 1.00. The molecule has 1 saturated carbocycles. The van der Waals surface area contributed by atoms with E-state index >= 15 is 0 Å². The highest BCUT2D eigenvalue weighted by molar-refractivity contribution is 4.84. The number of unbranched alkanes of at least 4 members (excludes halogenated alkanes) is 2. The van der Waals surface area contributed by atoms with E-state index < -0.39 is 0 Å². The molecule has 0 aliphatic heterocycles.